The van der Waals surface area contributed by atoms with Crippen LogP contribution in [0.15, 0.2) is 12.2 Å². The van der Waals surface area contributed by atoms with Crippen molar-refractivity contribution in [3.8, 4) is 0 Å². The largest absolute Gasteiger partial charge is 0.373 e. The van der Waals surface area contributed by atoms with Crippen molar-refractivity contribution >= 4 is 27.5 Å². The Hall–Kier alpha value is 0.470. The summed E-state index contributed by atoms with van der Waals surface area (Å²) < 4.78 is 6.38. The van der Waals surface area contributed by atoms with Gasteiger partial charge in [0.1, 0.15) is 0 Å². The lowest BCUT2D eigenvalue weighted by Gasteiger charge is -2.55. The molecule has 1 saturated heterocycles. The molecule has 2 aliphatic carbocycles. The maximum atomic E-state index is 6.66. The molecule has 1 aliphatic heterocycles. The highest BCUT2D eigenvalue weighted by Gasteiger charge is 2.68. The molecule has 1 nitrogen and oxygen atoms in total. The van der Waals surface area contributed by atoms with Crippen molar-refractivity contribution in [2.24, 2.45) is 10.8 Å². The molecule has 2 bridgehead atoms. The Bertz CT molecular complexity index is 403. The SMILES string of the molecule is C=C1CCC2OC3CC(C)(Br)C(Cl)CC13C2(C)C. The van der Waals surface area contributed by atoms with Gasteiger partial charge in [-0.25, -0.2) is 0 Å². The number of alkyl halides is 2. The summed E-state index contributed by atoms with van der Waals surface area (Å²) in [6.45, 7) is 11.3. The quantitative estimate of drug-likeness (QED) is 0.462. The topological polar surface area (TPSA) is 9.23 Å². The Balaban J connectivity index is 2.08. The van der Waals surface area contributed by atoms with Crippen LogP contribution in [-0.2, 0) is 4.74 Å². The van der Waals surface area contributed by atoms with Gasteiger partial charge in [-0.3, -0.25) is 0 Å². The summed E-state index contributed by atoms with van der Waals surface area (Å²) in [5, 5.41) is 0.144. The fraction of sp³-hybridized carbons (Fsp3) is 0.867. The number of ether oxygens (including phenoxy) is 1. The van der Waals surface area contributed by atoms with Crippen LogP contribution in [0.25, 0.3) is 0 Å². The minimum atomic E-state index is -0.0156. The van der Waals surface area contributed by atoms with E-state index >= 15 is 0 Å². The van der Waals surface area contributed by atoms with Crippen LogP contribution in [0.5, 0.6) is 0 Å². The molecule has 0 N–H and O–H groups in total. The normalized spacial score (nSPS) is 54.3. The molecule has 3 fully saturated rings. The second-order valence-electron chi connectivity index (χ2n) is 7.10. The van der Waals surface area contributed by atoms with Gasteiger partial charge in [0, 0.05) is 20.5 Å². The van der Waals surface area contributed by atoms with Crippen LogP contribution >= 0.6 is 27.5 Å². The van der Waals surface area contributed by atoms with Crippen LogP contribution in [-0.4, -0.2) is 21.9 Å². The lowest BCUT2D eigenvalue weighted by Crippen LogP contribution is -2.55. The Morgan fingerprint density at radius 3 is 2.61 bits per heavy atom. The molecular formula is C15H22BrClO. The van der Waals surface area contributed by atoms with E-state index in [0.717, 1.165) is 25.7 Å². The third-order valence-corrected chi connectivity index (χ3v) is 7.69. The molecule has 1 spiro atoms. The minimum Gasteiger partial charge on any atom is -0.373 e. The van der Waals surface area contributed by atoms with Crippen LogP contribution < -0.4 is 0 Å². The molecule has 1 heterocycles. The van der Waals surface area contributed by atoms with Gasteiger partial charge in [-0.05, 0) is 32.6 Å². The van der Waals surface area contributed by atoms with Crippen LogP contribution in [0.1, 0.15) is 46.5 Å². The van der Waals surface area contributed by atoms with Gasteiger partial charge in [0.05, 0.1) is 12.2 Å². The summed E-state index contributed by atoms with van der Waals surface area (Å²) in [5.41, 5.74) is 1.64. The van der Waals surface area contributed by atoms with Crippen molar-refractivity contribution in [2.45, 2.75) is 68.4 Å². The van der Waals surface area contributed by atoms with Crippen LogP contribution in [0.2, 0.25) is 0 Å². The van der Waals surface area contributed by atoms with E-state index in [4.69, 9.17) is 16.3 Å². The third kappa shape index (κ3) is 1.43. The van der Waals surface area contributed by atoms with Gasteiger partial charge in [-0.15, -0.1) is 11.6 Å². The highest BCUT2D eigenvalue weighted by Crippen LogP contribution is 2.68. The molecule has 3 rings (SSSR count). The zero-order valence-electron chi connectivity index (χ0n) is 11.4. The van der Waals surface area contributed by atoms with Crippen LogP contribution in [0.4, 0.5) is 0 Å². The second kappa shape index (κ2) is 3.77. The maximum Gasteiger partial charge on any atom is 0.0692 e. The molecule has 0 amide bonds. The molecule has 0 aromatic heterocycles. The summed E-state index contributed by atoms with van der Waals surface area (Å²) in [5.74, 6) is 0. The van der Waals surface area contributed by atoms with E-state index in [1.54, 1.807) is 0 Å². The van der Waals surface area contributed by atoms with E-state index in [1.165, 1.54) is 5.57 Å². The molecule has 0 aromatic carbocycles. The summed E-state index contributed by atoms with van der Waals surface area (Å²) in [6.07, 6.45) is 4.86. The van der Waals surface area contributed by atoms with Gasteiger partial charge >= 0.3 is 0 Å². The molecule has 2 saturated carbocycles. The van der Waals surface area contributed by atoms with Gasteiger partial charge in [0.2, 0.25) is 0 Å². The van der Waals surface area contributed by atoms with Gasteiger partial charge in [-0.2, -0.15) is 0 Å². The molecule has 5 atom stereocenters. The fourth-order valence-electron chi connectivity index (χ4n) is 4.57. The number of hydrogen-bond donors (Lipinski definition) is 0. The van der Waals surface area contributed by atoms with Crippen molar-refractivity contribution in [3.05, 3.63) is 12.2 Å². The number of hydrogen-bond acceptors (Lipinski definition) is 1. The van der Waals surface area contributed by atoms with E-state index in [-0.39, 0.29) is 26.6 Å². The average Bonchev–Trinajstić information content (AvgIpc) is 2.38. The molecule has 3 aliphatic rings. The van der Waals surface area contributed by atoms with E-state index < -0.39 is 0 Å². The lowest BCUT2D eigenvalue weighted by atomic mass is 9.50. The molecule has 18 heavy (non-hydrogen) atoms. The minimum absolute atomic E-state index is 0.0156. The van der Waals surface area contributed by atoms with Crippen molar-refractivity contribution < 1.29 is 4.74 Å². The fourth-order valence-corrected chi connectivity index (χ4v) is 5.36. The van der Waals surface area contributed by atoms with Crippen LogP contribution in [0, 0.1) is 10.8 Å². The predicted molar refractivity (Wildman–Crippen MR) is 79.5 cm³/mol. The smallest absolute Gasteiger partial charge is 0.0692 e. The summed E-state index contributed by atoms with van der Waals surface area (Å²) >= 11 is 10.5. The van der Waals surface area contributed by atoms with Crippen molar-refractivity contribution in [2.75, 3.05) is 0 Å². The molecule has 3 heteroatoms. The summed E-state index contributed by atoms with van der Waals surface area (Å²) in [4.78, 5) is 0. The third-order valence-electron chi connectivity index (χ3n) is 5.91. The standard InChI is InChI=1S/C15H22BrClO/c1-9-5-6-11-13(2,3)15(9)7-10(17)14(4,16)8-12(15)18-11/h10-12H,1,5-8H2,2-4H3. The van der Waals surface area contributed by atoms with Gasteiger partial charge in [0.15, 0.2) is 0 Å². The molecule has 0 radical (unpaired) electrons. The molecule has 5 unspecified atom stereocenters. The molecule has 0 aromatic rings. The first-order chi connectivity index (χ1) is 8.22. The van der Waals surface area contributed by atoms with Crippen molar-refractivity contribution in [1.29, 1.82) is 0 Å². The van der Waals surface area contributed by atoms with Crippen molar-refractivity contribution in [1.82, 2.24) is 0 Å². The first-order valence-electron chi connectivity index (χ1n) is 6.88. The van der Waals surface area contributed by atoms with E-state index in [0.29, 0.717) is 6.10 Å². The second-order valence-corrected chi connectivity index (χ2v) is 9.44. The Kier molecular flexibility index (Phi) is 2.82. The lowest BCUT2D eigenvalue weighted by molar-refractivity contribution is 0.00154. The zero-order chi connectivity index (χ0) is 13.3. The first-order valence-corrected chi connectivity index (χ1v) is 8.11. The Morgan fingerprint density at radius 2 is 1.94 bits per heavy atom. The zero-order valence-corrected chi connectivity index (χ0v) is 13.8. The Morgan fingerprint density at radius 1 is 1.28 bits per heavy atom. The summed E-state index contributed by atoms with van der Waals surface area (Å²) in [6, 6.07) is 0. The number of halogens is 2. The number of rotatable bonds is 0. The monoisotopic (exact) mass is 332 g/mol. The highest BCUT2D eigenvalue weighted by molar-refractivity contribution is 9.10. The van der Waals surface area contributed by atoms with Gasteiger partial charge in [0.25, 0.3) is 0 Å². The van der Waals surface area contributed by atoms with Crippen molar-refractivity contribution in [3.63, 3.8) is 0 Å². The molecular weight excluding hydrogens is 312 g/mol. The first kappa shape index (κ1) is 13.5. The summed E-state index contributed by atoms with van der Waals surface area (Å²) in [7, 11) is 0. The maximum absolute atomic E-state index is 6.66. The highest BCUT2D eigenvalue weighted by atomic mass is 79.9. The van der Waals surface area contributed by atoms with E-state index in [1.807, 2.05) is 0 Å². The average molecular weight is 334 g/mol. The van der Waals surface area contributed by atoms with E-state index in [9.17, 15) is 0 Å². The van der Waals surface area contributed by atoms with Gasteiger partial charge < -0.3 is 4.74 Å². The van der Waals surface area contributed by atoms with Crippen LogP contribution in [0.3, 0.4) is 0 Å². The van der Waals surface area contributed by atoms with E-state index in [2.05, 4.69) is 43.3 Å². The van der Waals surface area contributed by atoms with Gasteiger partial charge in [-0.1, -0.05) is 41.9 Å². The number of fused-ring (bicyclic) bond motifs is 1. The predicted octanol–water partition coefficient (Wildman–Crippen LogP) is 4.67. The molecule has 102 valence electrons. The Labute approximate surface area is 123 Å².